The summed E-state index contributed by atoms with van der Waals surface area (Å²) >= 11 is 1.68. The standard InChI is InChI=1S/C17H13FN2OS/c18-12-3-5-13(6-4-12)20-15-8-11(17-2-1-7-22-17)9-16(21)14(15)10-19-20/h1-7,10-11H,8-9H2/t11-/m0/s1. The molecule has 0 radical (unpaired) electrons. The fourth-order valence-corrected chi connectivity index (χ4v) is 3.80. The zero-order chi connectivity index (χ0) is 15.1. The Morgan fingerprint density at radius 3 is 2.73 bits per heavy atom. The predicted octanol–water partition coefficient (Wildman–Crippen LogP) is 3.99. The van der Waals surface area contributed by atoms with E-state index in [1.807, 2.05) is 11.4 Å². The van der Waals surface area contributed by atoms with E-state index in [2.05, 4.69) is 11.2 Å². The molecule has 0 fully saturated rings. The highest BCUT2D eigenvalue weighted by Crippen LogP contribution is 2.35. The highest BCUT2D eigenvalue weighted by Gasteiger charge is 2.30. The molecule has 1 atom stereocenters. The maximum Gasteiger partial charge on any atom is 0.166 e. The lowest BCUT2D eigenvalue weighted by Crippen LogP contribution is -2.19. The van der Waals surface area contributed by atoms with Crippen LogP contribution in [0.3, 0.4) is 0 Å². The molecule has 110 valence electrons. The predicted molar refractivity (Wildman–Crippen MR) is 83.2 cm³/mol. The maximum atomic E-state index is 13.1. The minimum absolute atomic E-state index is 0.132. The van der Waals surface area contributed by atoms with E-state index in [0.717, 1.165) is 17.8 Å². The van der Waals surface area contributed by atoms with Crippen LogP contribution < -0.4 is 0 Å². The van der Waals surface area contributed by atoms with Gasteiger partial charge in [-0.3, -0.25) is 4.79 Å². The second kappa shape index (κ2) is 5.18. The van der Waals surface area contributed by atoms with E-state index in [1.54, 1.807) is 34.3 Å². The van der Waals surface area contributed by atoms with Crippen molar-refractivity contribution in [1.29, 1.82) is 0 Å². The molecule has 0 unspecified atom stereocenters. The molecule has 1 aliphatic carbocycles. The number of ketones is 1. The van der Waals surface area contributed by atoms with Gasteiger partial charge in [-0.1, -0.05) is 6.07 Å². The van der Waals surface area contributed by atoms with E-state index < -0.39 is 0 Å². The smallest absolute Gasteiger partial charge is 0.166 e. The van der Waals surface area contributed by atoms with Gasteiger partial charge >= 0.3 is 0 Å². The van der Waals surface area contributed by atoms with Gasteiger partial charge in [-0.15, -0.1) is 11.3 Å². The fraction of sp³-hybridized carbons (Fsp3) is 0.176. The third-order valence-electron chi connectivity index (χ3n) is 4.06. The first kappa shape index (κ1) is 13.4. The van der Waals surface area contributed by atoms with E-state index >= 15 is 0 Å². The largest absolute Gasteiger partial charge is 0.294 e. The number of hydrogen-bond donors (Lipinski definition) is 0. The van der Waals surface area contributed by atoms with Crippen molar-refractivity contribution in [2.75, 3.05) is 0 Å². The minimum Gasteiger partial charge on any atom is -0.294 e. The Kier molecular flexibility index (Phi) is 3.15. The van der Waals surface area contributed by atoms with Gasteiger partial charge < -0.3 is 0 Å². The number of nitrogens with zero attached hydrogens (tertiary/aromatic N) is 2. The first-order valence-corrected chi connectivity index (χ1v) is 8.00. The summed E-state index contributed by atoms with van der Waals surface area (Å²) < 4.78 is 14.9. The number of benzene rings is 1. The van der Waals surface area contributed by atoms with Crippen LogP contribution in [0, 0.1) is 5.82 Å². The molecule has 1 aromatic carbocycles. The molecule has 0 aliphatic heterocycles. The molecule has 0 amide bonds. The van der Waals surface area contributed by atoms with Crippen molar-refractivity contribution in [2.45, 2.75) is 18.8 Å². The number of Topliss-reactive ketones (excluding diaryl/α,β-unsaturated/α-hetero) is 1. The fourth-order valence-electron chi connectivity index (χ4n) is 2.97. The Morgan fingerprint density at radius 1 is 1.18 bits per heavy atom. The number of hydrogen-bond acceptors (Lipinski definition) is 3. The maximum absolute atomic E-state index is 13.1. The Labute approximate surface area is 131 Å². The number of fused-ring (bicyclic) bond motifs is 1. The van der Waals surface area contributed by atoms with Crippen LogP contribution in [0.25, 0.3) is 5.69 Å². The Bertz CT molecular complexity index is 821. The minimum atomic E-state index is -0.280. The molecule has 0 bridgehead atoms. The summed E-state index contributed by atoms with van der Waals surface area (Å²) in [5.74, 6) is 0.0567. The second-order valence-corrected chi connectivity index (χ2v) is 6.42. The molecular weight excluding hydrogens is 299 g/mol. The van der Waals surface area contributed by atoms with Crippen LogP contribution in [0.1, 0.15) is 33.3 Å². The number of aromatic nitrogens is 2. The van der Waals surface area contributed by atoms with Gasteiger partial charge in [0.15, 0.2) is 5.78 Å². The van der Waals surface area contributed by atoms with Gasteiger partial charge in [-0.2, -0.15) is 5.10 Å². The average Bonchev–Trinajstić information content (AvgIpc) is 3.17. The van der Waals surface area contributed by atoms with Crippen molar-refractivity contribution in [2.24, 2.45) is 0 Å². The monoisotopic (exact) mass is 312 g/mol. The molecule has 5 heteroatoms. The Hall–Kier alpha value is -2.27. The van der Waals surface area contributed by atoms with Crippen molar-refractivity contribution in [3.05, 3.63) is 69.9 Å². The van der Waals surface area contributed by atoms with Crippen molar-refractivity contribution < 1.29 is 9.18 Å². The number of carbonyl (C=O) groups is 1. The summed E-state index contributed by atoms with van der Waals surface area (Å²) in [6.07, 6.45) is 2.94. The van der Waals surface area contributed by atoms with E-state index in [1.165, 1.54) is 17.0 Å². The van der Waals surface area contributed by atoms with Crippen molar-refractivity contribution >= 4 is 17.1 Å². The van der Waals surface area contributed by atoms with E-state index in [9.17, 15) is 9.18 Å². The number of halogens is 1. The molecule has 0 N–H and O–H groups in total. The van der Waals surface area contributed by atoms with Crippen LogP contribution in [0.5, 0.6) is 0 Å². The van der Waals surface area contributed by atoms with Crippen molar-refractivity contribution in [3.63, 3.8) is 0 Å². The summed E-state index contributed by atoms with van der Waals surface area (Å²) in [5.41, 5.74) is 2.39. The summed E-state index contributed by atoms with van der Waals surface area (Å²) in [6.45, 7) is 0. The number of carbonyl (C=O) groups excluding carboxylic acids is 1. The quantitative estimate of drug-likeness (QED) is 0.717. The van der Waals surface area contributed by atoms with E-state index in [4.69, 9.17) is 0 Å². The lowest BCUT2D eigenvalue weighted by Gasteiger charge is -2.21. The zero-order valence-corrected chi connectivity index (χ0v) is 12.5. The van der Waals surface area contributed by atoms with Crippen LogP contribution in [-0.4, -0.2) is 15.6 Å². The lowest BCUT2D eigenvalue weighted by atomic mass is 9.86. The van der Waals surface area contributed by atoms with Crippen molar-refractivity contribution in [1.82, 2.24) is 9.78 Å². The topological polar surface area (TPSA) is 34.9 Å². The van der Waals surface area contributed by atoms with Gasteiger partial charge in [0, 0.05) is 17.2 Å². The van der Waals surface area contributed by atoms with Gasteiger partial charge in [0.05, 0.1) is 23.1 Å². The molecule has 0 spiro atoms. The molecule has 1 aliphatic rings. The Balaban J connectivity index is 1.76. The van der Waals surface area contributed by atoms with Crippen LogP contribution in [0.4, 0.5) is 4.39 Å². The average molecular weight is 312 g/mol. The van der Waals surface area contributed by atoms with Gasteiger partial charge in [0.1, 0.15) is 5.82 Å². The second-order valence-electron chi connectivity index (χ2n) is 5.44. The molecule has 3 aromatic rings. The van der Waals surface area contributed by atoms with E-state index in [-0.39, 0.29) is 17.5 Å². The first-order valence-electron chi connectivity index (χ1n) is 7.12. The third-order valence-corrected chi connectivity index (χ3v) is 5.09. The van der Waals surface area contributed by atoms with Gasteiger partial charge in [0.2, 0.25) is 0 Å². The van der Waals surface area contributed by atoms with E-state index in [0.29, 0.717) is 12.0 Å². The zero-order valence-electron chi connectivity index (χ0n) is 11.7. The van der Waals surface area contributed by atoms with Gasteiger partial charge in [0.25, 0.3) is 0 Å². The van der Waals surface area contributed by atoms with Gasteiger partial charge in [-0.25, -0.2) is 9.07 Å². The van der Waals surface area contributed by atoms with Gasteiger partial charge in [-0.05, 0) is 42.1 Å². The molecule has 2 aromatic heterocycles. The SMILES string of the molecule is O=C1C[C@@H](c2cccs2)Cc2c1cnn2-c1ccc(F)cc1. The molecule has 0 saturated heterocycles. The van der Waals surface area contributed by atoms with Crippen LogP contribution in [-0.2, 0) is 6.42 Å². The summed E-state index contributed by atoms with van der Waals surface area (Å²) in [4.78, 5) is 13.6. The molecule has 0 saturated carbocycles. The Morgan fingerprint density at radius 2 is 2.00 bits per heavy atom. The summed E-state index contributed by atoms with van der Waals surface area (Å²) in [5, 5.41) is 6.38. The van der Waals surface area contributed by atoms with Crippen molar-refractivity contribution in [3.8, 4) is 5.69 Å². The van der Waals surface area contributed by atoms with Crippen LogP contribution in [0.15, 0.2) is 48.0 Å². The molecule has 2 heterocycles. The summed E-state index contributed by atoms with van der Waals surface area (Å²) in [6, 6.07) is 10.3. The number of thiophene rings is 1. The highest BCUT2D eigenvalue weighted by molar-refractivity contribution is 7.10. The normalized spacial score (nSPS) is 17.5. The molecule has 22 heavy (non-hydrogen) atoms. The third kappa shape index (κ3) is 2.18. The number of rotatable bonds is 2. The lowest BCUT2D eigenvalue weighted by molar-refractivity contribution is 0.0964. The molecule has 4 rings (SSSR count). The highest BCUT2D eigenvalue weighted by atomic mass is 32.1. The first-order chi connectivity index (χ1) is 10.7. The summed E-state index contributed by atoms with van der Waals surface area (Å²) in [7, 11) is 0. The molecule has 3 nitrogen and oxygen atoms in total. The molecular formula is C17H13FN2OS. The van der Waals surface area contributed by atoms with Crippen LogP contribution >= 0.6 is 11.3 Å². The van der Waals surface area contributed by atoms with Crippen LogP contribution in [0.2, 0.25) is 0 Å².